The summed E-state index contributed by atoms with van der Waals surface area (Å²) >= 11 is 1.43. The maximum Gasteiger partial charge on any atom is 0.417 e. The molecular formula is C15H11F4N3S. The molecule has 2 heterocycles. The van der Waals surface area contributed by atoms with Gasteiger partial charge in [-0.1, -0.05) is 6.92 Å². The van der Waals surface area contributed by atoms with Crippen molar-refractivity contribution in [3.05, 3.63) is 41.8 Å². The van der Waals surface area contributed by atoms with Crippen LogP contribution in [0.15, 0.2) is 35.4 Å². The first kappa shape index (κ1) is 15.8. The van der Waals surface area contributed by atoms with E-state index in [1.807, 2.05) is 6.92 Å². The van der Waals surface area contributed by atoms with Gasteiger partial charge in [-0.05, 0) is 30.0 Å². The number of aromatic nitrogens is 3. The van der Waals surface area contributed by atoms with Crippen LogP contribution in [0.3, 0.4) is 0 Å². The molecule has 0 radical (unpaired) electrons. The number of nitrogens with zero attached hydrogens (tertiary/aromatic N) is 2. The van der Waals surface area contributed by atoms with Crippen LogP contribution >= 0.6 is 11.8 Å². The van der Waals surface area contributed by atoms with E-state index in [9.17, 15) is 17.6 Å². The summed E-state index contributed by atoms with van der Waals surface area (Å²) in [6.07, 6.45) is -3.71. The first-order chi connectivity index (χ1) is 10.9. The molecule has 2 aromatic heterocycles. The van der Waals surface area contributed by atoms with Crippen LogP contribution in [0.4, 0.5) is 17.6 Å². The summed E-state index contributed by atoms with van der Waals surface area (Å²) in [5.74, 6) is 0.716. The third-order valence-corrected chi connectivity index (χ3v) is 4.10. The van der Waals surface area contributed by atoms with E-state index >= 15 is 0 Å². The van der Waals surface area contributed by atoms with E-state index in [1.54, 1.807) is 6.07 Å². The number of aromatic amines is 1. The highest BCUT2D eigenvalue weighted by Gasteiger charge is 2.31. The lowest BCUT2D eigenvalue weighted by Gasteiger charge is -2.05. The van der Waals surface area contributed by atoms with Crippen LogP contribution in [0.5, 0.6) is 0 Å². The molecule has 1 aromatic carbocycles. The molecule has 120 valence electrons. The zero-order chi connectivity index (χ0) is 16.6. The van der Waals surface area contributed by atoms with Crippen LogP contribution < -0.4 is 0 Å². The fraction of sp³-hybridized carbons (Fsp3) is 0.200. The zero-order valence-corrected chi connectivity index (χ0v) is 12.7. The van der Waals surface area contributed by atoms with Crippen molar-refractivity contribution in [2.24, 2.45) is 0 Å². The molecule has 0 aliphatic carbocycles. The predicted molar refractivity (Wildman–Crippen MR) is 80.7 cm³/mol. The molecule has 3 rings (SSSR count). The standard InChI is InChI=1S/C15H11F4N3S/c1-2-23-12-6-9(16)3-4-10(12)13-21-11-5-8(15(17,18)19)7-20-14(11)22-13/h3-7H,2H2,1H3,(H,20,21,22). The van der Waals surface area contributed by atoms with E-state index in [4.69, 9.17) is 0 Å². The largest absolute Gasteiger partial charge is 0.417 e. The number of halogens is 4. The van der Waals surface area contributed by atoms with Gasteiger partial charge in [0.05, 0.1) is 5.56 Å². The van der Waals surface area contributed by atoms with Crippen molar-refractivity contribution in [1.82, 2.24) is 15.0 Å². The minimum Gasteiger partial charge on any atom is -0.323 e. The van der Waals surface area contributed by atoms with Crippen LogP contribution in [0, 0.1) is 5.82 Å². The van der Waals surface area contributed by atoms with Crippen LogP contribution in [0.2, 0.25) is 0 Å². The van der Waals surface area contributed by atoms with E-state index < -0.39 is 11.7 Å². The molecule has 0 spiro atoms. The van der Waals surface area contributed by atoms with E-state index in [-0.39, 0.29) is 17.0 Å². The van der Waals surface area contributed by atoms with Crippen molar-refractivity contribution < 1.29 is 17.6 Å². The molecule has 3 nitrogen and oxygen atoms in total. The summed E-state index contributed by atoms with van der Waals surface area (Å²) in [5.41, 5.74) is 0.145. The highest BCUT2D eigenvalue weighted by Crippen LogP contribution is 2.33. The highest BCUT2D eigenvalue weighted by atomic mass is 32.2. The van der Waals surface area contributed by atoms with Gasteiger partial charge in [-0.3, -0.25) is 0 Å². The Bertz CT molecular complexity index is 858. The predicted octanol–water partition coefficient (Wildman–Crippen LogP) is 4.89. The number of nitrogens with one attached hydrogen (secondary N) is 1. The molecule has 0 saturated heterocycles. The normalized spacial score (nSPS) is 12.0. The number of fused-ring (bicyclic) bond motifs is 1. The van der Waals surface area contributed by atoms with Gasteiger partial charge >= 0.3 is 6.18 Å². The summed E-state index contributed by atoms with van der Waals surface area (Å²) in [6, 6.07) is 5.16. The lowest BCUT2D eigenvalue weighted by molar-refractivity contribution is -0.137. The van der Waals surface area contributed by atoms with E-state index in [0.717, 1.165) is 18.0 Å². The molecule has 8 heteroatoms. The van der Waals surface area contributed by atoms with E-state index in [1.165, 1.54) is 23.9 Å². The minimum absolute atomic E-state index is 0.117. The molecule has 0 unspecified atom stereocenters. The fourth-order valence-electron chi connectivity index (χ4n) is 2.14. The second-order valence-corrected chi connectivity index (χ2v) is 6.05. The lowest BCUT2D eigenvalue weighted by atomic mass is 10.2. The van der Waals surface area contributed by atoms with E-state index in [0.29, 0.717) is 16.3 Å². The molecule has 3 aromatic rings. The van der Waals surface area contributed by atoms with Crippen molar-refractivity contribution in [3.8, 4) is 11.4 Å². The average molecular weight is 341 g/mol. The number of alkyl halides is 3. The number of pyridine rings is 1. The topological polar surface area (TPSA) is 41.6 Å². The number of H-pyrrole nitrogens is 1. The monoisotopic (exact) mass is 341 g/mol. The van der Waals surface area contributed by atoms with Crippen molar-refractivity contribution in [2.75, 3.05) is 5.75 Å². The fourth-order valence-corrected chi connectivity index (χ4v) is 2.97. The van der Waals surface area contributed by atoms with Crippen LogP contribution in [-0.4, -0.2) is 20.7 Å². The second-order valence-electron chi connectivity index (χ2n) is 4.75. The van der Waals surface area contributed by atoms with Gasteiger partial charge in [0.1, 0.15) is 17.2 Å². The van der Waals surface area contributed by atoms with Gasteiger partial charge in [-0.25, -0.2) is 14.4 Å². The Morgan fingerprint density at radius 3 is 2.70 bits per heavy atom. The number of hydrogen-bond donors (Lipinski definition) is 1. The summed E-state index contributed by atoms with van der Waals surface area (Å²) in [4.78, 5) is 11.5. The van der Waals surface area contributed by atoms with Gasteiger partial charge in [-0.2, -0.15) is 13.2 Å². The Morgan fingerprint density at radius 2 is 2.00 bits per heavy atom. The smallest absolute Gasteiger partial charge is 0.323 e. The number of imidazole rings is 1. The van der Waals surface area contributed by atoms with Crippen molar-refractivity contribution in [2.45, 2.75) is 18.0 Å². The maximum absolute atomic E-state index is 13.4. The van der Waals surface area contributed by atoms with Crippen molar-refractivity contribution in [3.63, 3.8) is 0 Å². The number of hydrogen-bond acceptors (Lipinski definition) is 3. The quantitative estimate of drug-likeness (QED) is 0.544. The molecule has 0 fully saturated rings. The van der Waals surface area contributed by atoms with Crippen LogP contribution in [-0.2, 0) is 6.18 Å². The molecule has 0 bridgehead atoms. The Labute approximate surface area is 133 Å². The SMILES string of the molecule is CCSc1cc(F)ccc1-c1nc2cc(C(F)(F)F)cnc2[nH]1. The maximum atomic E-state index is 13.4. The number of thioether (sulfide) groups is 1. The molecule has 0 aliphatic rings. The molecule has 0 atom stereocenters. The third-order valence-electron chi connectivity index (χ3n) is 3.16. The highest BCUT2D eigenvalue weighted by molar-refractivity contribution is 7.99. The minimum atomic E-state index is -4.47. The average Bonchev–Trinajstić information content (AvgIpc) is 2.89. The van der Waals surface area contributed by atoms with Crippen LogP contribution in [0.1, 0.15) is 12.5 Å². The lowest BCUT2D eigenvalue weighted by Crippen LogP contribution is -2.05. The molecule has 0 amide bonds. The van der Waals surface area contributed by atoms with Gasteiger partial charge in [0, 0.05) is 16.7 Å². The summed E-state index contributed by atoms with van der Waals surface area (Å²) in [5, 5.41) is 0. The van der Waals surface area contributed by atoms with Crippen molar-refractivity contribution in [1.29, 1.82) is 0 Å². The molecular weight excluding hydrogens is 330 g/mol. The Kier molecular flexibility index (Phi) is 4.01. The first-order valence-corrected chi connectivity index (χ1v) is 7.72. The Morgan fingerprint density at radius 1 is 1.22 bits per heavy atom. The molecule has 0 saturated carbocycles. The molecule has 0 aliphatic heterocycles. The number of rotatable bonds is 3. The first-order valence-electron chi connectivity index (χ1n) is 6.74. The Hall–Kier alpha value is -2.09. The van der Waals surface area contributed by atoms with Crippen LogP contribution in [0.25, 0.3) is 22.6 Å². The van der Waals surface area contributed by atoms with Gasteiger partial charge in [0.2, 0.25) is 0 Å². The summed E-state index contributed by atoms with van der Waals surface area (Å²) in [6.45, 7) is 1.93. The molecule has 23 heavy (non-hydrogen) atoms. The molecule has 1 N–H and O–H groups in total. The zero-order valence-electron chi connectivity index (χ0n) is 11.9. The number of benzene rings is 1. The van der Waals surface area contributed by atoms with Gasteiger partial charge in [0.25, 0.3) is 0 Å². The third kappa shape index (κ3) is 3.17. The van der Waals surface area contributed by atoms with Gasteiger partial charge < -0.3 is 4.98 Å². The van der Waals surface area contributed by atoms with Gasteiger partial charge in [-0.15, -0.1) is 11.8 Å². The second kappa shape index (κ2) is 5.84. The van der Waals surface area contributed by atoms with Gasteiger partial charge in [0.15, 0.2) is 5.65 Å². The van der Waals surface area contributed by atoms with Crippen molar-refractivity contribution >= 4 is 22.9 Å². The van der Waals surface area contributed by atoms with E-state index in [2.05, 4.69) is 15.0 Å². The Balaban J connectivity index is 2.11. The summed E-state index contributed by atoms with van der Waals surface area (Å²) < 4.78 is 51.6. The summed E-state index contributed by atoms with van der Waals surface area (Å²) in [7, 11) is 0.